The summed E-state index contributed by atoms with van der Waals surface area (Å²) in [5.41, 5.74) is 7.41. The Hall–Kier alpha value is -1.66. The number of carbonyl (C=O) groups excluding carboxylic acids is 1. The zero-order valence-electron chi connectivity index (χ0n) is 9.60. The monoisotopic (exact) mass is 216 g/mol. The summed E-state index contributed by atoms with van der Waals surface area (Å²) in [5.74, 6) is 0.0479. The van der Waals surface area contributed by atoms with Gasteiger partial charge in [-0.1, -0.05) is 38.1 Å². The lowest BCUT2D eigenvalue weighted by molar-refractivity contribution is -0.123. The first-order chi connectivity index (χ1) is 7.54. The number of benzene rings is 1. The number of nitrogens with zero attached hydrogens (tertiary/aromatic N) is 1. The topological polar surface area (TPSA) is 47.5 Å². The van der Waals surface area contributed by atoms with Crippen LogP contribution in [-0.4, -0.2) is 11.8 Å². The van der Waals surface area contributed by atoms with E-state index in [-0.39, 0.29) is 11.7 Å². The molecule has 1 rings (SSSR count). The van der Waals surface area contributed by atoms with Crippen molar-refractivity contribution in [2.24, 2.45) is 11.7 Å². The molecule has 0 amide bonds. The molecule has 1 aromatic rings. The van der Waals surface area contributed by atoms with E-state index in [1.54, 1.807) is 12.1 Å². The fraction of sp³-hybridized carbons (Fsp3) is 0.385. The van der Waals surface area contributed by atoms with Gasteiger partial charge in [-0.15, -0.1) is 0 Å². The molecule has 0 saturated carbocycles. The number of ketones is 1. The number of hydrogen-bond acceptors (Lipinski definition) is 2. The molecule has 0 aromatic heterocycles. The molecule has 3 heteroatoms. The van der Waals surface area contributed by atoms with Crippen molar-refractivity contribution in [3.8, 4) is 0 Å². The number of hydrogen-bond donors (Lipinski definition) is 1. The Morgan fingerprint density at radius 1 is 1.38 bits per heavy atom. The van der Waals surface area contributed by atoms with Gasteiger partial charge in [0.25, 0.3) is 0 Å². The predicted octanol–water partition coefficient (Wildman–Crippen LogP) is 2.33. The van der Waals surface area contributed by atoms with E-state index in [0.717, 1.165) is 5.56 Å². The van der Waals surface area contributed by atoms with E-state index in [0.29, 0.717) is 12.1 Å². The molecule has 0 heterocycles. The average Bonchev–Trinajstić information content (AvgIpc) is 2.28. The van der Waals surface area contributed by atoms with E-state index in [1.165, 1.54) is 0 Å². The van der Waals surface area contributed by atoms with Gasteiger partial charge in [0.1, 0.15) is 0 Å². The van der Waals surface area contributed by atoms with Crippen molar-refractivity contribution < 1.29 is 4.79 Å². The molecule has 0 unspecified atom stereocenters. The zero-order chi connectivity index (χ0) is 12.1. The van der Waals surface area contributed by atoms with Crippen molar-refractivity contribution in [2.45, 2.75) is 26.3 Å². The molecule has 3 nitrogen and oxygen atoms in total. The van der Waals surface area contributed by atoms with E-state index >= 15 is 0 Å². The van der Waals surface area contributed by atoms with E-state index in [4.69, 9.17) is 12.3 Å². The maximum absolute atomic E-state index is 11.6. The average molecular weight is 216 g/mol. The second kappa shape index (κ2) is 5.43. The summed E-state index contributed by atoms with van der Waals surface area (Å²) in [5, 5.41) is 0. The van der Waals surface area contributed by atoms with Crippen LogP contribution in [0.3, 0.4) is 0 Å². The van der Waals surface area contributed by atoms with Crippen molar-refractivity contribution in [1.29, 1.82) is 0 Å². The number of rotatable bonds is 4. The Morgan fingerprint density at radius 3 is 2.38 bits per heavy atom. The standard InChI is InChI=1S/C13H16N2O/c1-9(2)13(16)12(14)8-10-4-6-11(15-3)7-5-10/h4-7,9,12H,8,14H2,1-2H3/t12-/m1/s1. The molecule has 1 aromatic carbocycles. The fourth-order valence-corrected chi connectivity index (χ4v) is 1.49. The molecule has 84 valence electrons. The lowest BCUT2D eigenvalue weighted by Crippen LogP contribution is -2.35. The first kappa shape index (κ1) is 12.4. The van der Waals surface area contributed by atoms with Gasteiger partial charge in [0, 0.05) is 5.92 Å². The first-order valence-electron chi connectivity index (χ1n) is 5.30. The second-order valence-corrected chi connectivity index (χ2v) is 4.15. The highest BCUT2D eigenvalue weighted by atomic mass is 16.1. The molecule has 0 fully saturated rings. The normalized spacial score (nSPS) is 12.2. The molecule has 0 spiro atoms. The lowest BCUT2D eigenvalue weighted by Gasteiger charge is -2.12. The minimum absolute atomic E-state index is 0.0301. The van der Waals surface area contributed by atoms with Crippen LogP contribution in [0.1, 0.15) is 19.4 Å². The summed E-state index contributed by atoms with van der Waals surface area (Å²) in [7, 11) is 0. The smallest absolute Gasteiger partial charge is 0.187 e. The molecule has 1 atom stereocenters. The van der Waals surface area contributed by atoms with Gasteiger partial charge in [0.2, 0.25) is 0 Å². The van der Waals surface area contributed by atoms with Gasteiger partial charge in [-0.2, -0.15) is 0 Å². The van der Waals surface area contributed by atoms with Crippen molar-refractivity contribution in [3.05, 3.63) is 41.2 Å². The van der Waals surface area contributed by atoms with Crippen LogP contribution in [0.5, 0.6) is 0 Å². The summed E-state index contributed by atoms with van der Waals surface area (Å²) < 4.78 is 0. The molecular weight excluding hydrogens is 200 g/mol. The van der Waals surface area contributed by atoms with E-state index in [1.807, 2.05) is 26.0 Å². The maximum Gasteiger partial charge on any atom is 0.187 e. The number of carbonyl (C=O) groups is 1. The summed E-state index contributed by atoms with van der Waals surface area (Å²) in [6.07, 6.45) is 0.537. The minimum atomic E-state index is -0.446. The number of Topliss-reactive ketones (excluding diaryl/α,β-unsaturated/α-hetero) is 1. The van der Waals surface area contributed by atoms with Crippen LogP contribution in [0.2, 0.25) is 0 Å². The van der Waals surface area contributed by atoms with Crippen LogP contribution in [0, 0.1) is 12.5 Å². The van der Waals surface area contributed by atoms with Crippen LogP contribution < -0.4 is 5.73 Å². The SMILES string of the molecule is [C-]#[N+]c1ccc(C[C@@H](N)C(=O)C(C)C)cc1. The maximum atomic E-state index is 11.6. The van der Waals surface area contributed by atoms with Crippen LogP contribution in [-0.2, 0) is 11.2 Å². The van der Waals surface area contributed by atoms with Gasteiger partial charge >= 0.3 is 0 Å². The molecule has 16 heavy (non-hydrogen) atoms. The molecular formula is C13H16N2O. The van der Waals surface area contributed by atoms with Gasteiger partial charge in [-0.25, -0.2) is 4.85 Å². The molecule has 0 radical (unpaired) electrons. The van der Waals surface area contributed by atoms with Gasteiger partial charge < -0.3 is 5.73 Å². The van der Waals surface area contributed by atoms with Crippen LogP contribution in [0.4, 0.5) is 5.69 Å². The van der Waals surface area contributed by atoms with Gasteiger partial charge in [0.15, 0.2) is 11.5 Å². The van der Waals surface area contributed by atoms with E-state index in [2.05, 4.69) is 4.85 Å². The Kier molecular flexibility index (Phi) is 4.21. The molecule has 0 aliphatic heterocycles. The largest absolute Gasteiger partial charge is 0.321 e. The highest BCUT2D eigenvalue weighted by Gasteiger charge is 2.16. The van der Waals surface area contributed by atoms with Crippen molar-refractivity contribution >= 4 is 11.5 Å². The molecule has 0 saturated heterocycles. The van der Waals surface area contributed by atoms with Gasteiger partial charge in [0.05, 0.1) is 12.6 Å². The quantitative estimate of drug-likeness (QED) is 0.785. The Balaban J connectivity index is 2.67. The third kappa shape index (κ3) is 3.18. The second-order valence-electron chi connectivity index (χ2n) is 4.15. The molecule has 2 N–H and O–H groups in total. The third-order valence-electron chi connectivity index (χ3n) is 2.46. The van der Waals surface area contributed by atoms with Gasteiger partial charge in [-0.05, 0) is 12.0 Å². The molecule has 0 bridgehead atoms. The highest BCUT2D eigenvalue weighted by molar-refractivity contribution is 5.85. The number of nitrogens with two attached hydrogens (primary N) is 1. The van der Waals surface area contributed by atoms with Crippen molar-refractivity contribution in [1.82, 2.24) is 0 Å². The highest BCUT2D eigenvalue weighted by Crippen LogP contribution is 2.14. The van der Waals surface area contributed by atoms with Crippen LogP contribution in [0.25, 0.3) is 4.85 Å². The minimum Gasteiger partial charge on any atom is -0.321 e. The van der Waals surface area contributed by atoms with E-state index in [9.17, 15) is 4.79 Å². The molecule has 0 aliphatic carbocycles. The fourth-order valence-electron chi connectivity index (χ4n) is 1.49. The summed E-state index contributed by atoms with van der Waals surface area (Å²) >= 11 is 0. The third-order valence-corrected chi connectivity index (χ3v) is 2.46. The summed E-state index contributed by atoms with van der Waals surface area (Å²) in [4.78, 5) is 14.9. The zero-order valence-corrected chi connectivity index (χ0v) is 9.60. The Labute approximate surface area is 96.1 Å². The molecule has 0 aliphatic rings. The van der Waals surface area contributed by atoms with Crippen LogP contribution >= 0.6 is 0 Å². The summed E-state index contributed by atoms with van der Waals surface area (Å²) in [6, 6.07) is 6.74. The van der Waals surface area contributed by atoms with Gasteiger partial charge in [-0.3, -0.25) is 4.79 Å². The van der Waals surface area contributed by atoms with Crippen LogP contribution in [0.15, 0.2) is 24.3 Å². The van der Waals surface area contributed by atoms with Crippen molar-refractivity contribution in [3.63, 3.8) is 0 Å². The Bertz CT molecular complexity index is 401. The van der Waals surface area contributed by atoms with Crippen molar-refractivity contribution in [2.75, 3.05) is 0 Å². The predicted molar refractivity (Wildman–Crippen MR) is 64.2 cm³/mol. The van der Waals surface area contributed by atoms with E-state index < -0.39 is 6.04 Å². The Morgan fingerprint density at radius 2 is 1.94 bits per heavy atom. The first-order valence-corrected chi connectivity index (χ1v) is 5.30. The summed E-state index contributed by atoms with van der Waals surface area (Å²) in [6.45, 7) is 10.5. The lowest BCUT2D eigenvalue weighted by atomic mass is 9.96.